The maximum atomic E-state index is 12.6. The van der Waals surface area contributed by atoms with Gasteiger partial charge in [-0.15, -0.1) is 12.4 Å². The number of amides is 1. The van der Waals surface area contributed by atoms with Gasteiger partial charge in [0.2, 0.25) is 0 Å². The number of methoxy groups -OCH3 is 2. The number of rotatable bonds is 3. The number of ether oxygens (including phenoxy) is 2. The molecule has 1 amide bonds. The van der Waals surface area contributed by atoms with E-state index in [1.165, 1.54) is 5.56 Å². The highest BCUT2D eigenvalue weighted by atomic mass is 35.5. The van der Waals surface area contributed by atoms with Gasteiger partial charge in [0.15, 0.2) is 11.5 Å². The SMILES string of the molecule is COc1cc2c(cc1OC)CN(C(=O)c1cccc(N)n1)CC2.Cl. The minimum absolute atomic E-state index is 0. The Morgan fingerprint density at radius 2 is 1.83 bits per heavy atom. The van der Waals surface area contributed by atoms with Crippen LogP contribution in [0.25, 0.3) is 0 Å². The van der Waals surface area contributed by atoms with Crippen LogP contribution >= 0.6 is 12.4 Å². The van der Waals surface area contributed by atoms with Crippen molar-refractivity contribution < 1.29 is 14.3 Å². The van der Waals surface area contributed by atoms with Crippen LogP contribution < -0.4 is 15.2 Å². The fourth-order valence-corrected chi connectivity index (χ4v) is 2.79. The molecule has 0 fully saturated rings. The lowest BCUT2D eigenvalue weighted by Crippen LogP contribution is -2.36. The van der Waals surface area contributed by atoms with Crippen molar-refractivity contribution in [2.45, 2.75) is 13.0 Å². The van der Waals surface area contributed by atoms with Crippen LogP contribution in [0.5, 0.6) is 11.5 Å². The van der Waals surface area contributed by atoms with Crippen molar-refractivity contribution in [3.8, 4) is 11.5 Å². The van der Waals surface area contributed by atoms with Gasteiger partial charge >= 0.3 is 0 Å². The van der Waals surface area contributed by atoms with Crippen molar-refractivity contribution in [3.63, 3.8) is 0 Å². The molecule has 0 atom stereocenters. The number of nitrogen functional groups attached to an aromatic ring is 1. The van der Waals surface area contributed by atoms with Crippen LogP contribution in [0.4, 0.5) is 5.82 Å². The molecule has 0 bridgehead atoms. The lowest BCUT2D eigenvalue weighted by atomic mass is 9.98. The molecule has 0 spiro atoms. The van der Waals surface area contributed by atoms with Crippen LogP contribution in [0, 0.1) is 0 Å². The number of fused-ring (bicyclic) bond motifs is 1. The second-order valence-corrected chi connectivity index (χ2v) is 5.40. The Balaban J connectivity index is 0.00000208. The van der Waals surface area contributed by atoms with Gasteiger partial charge in [-0.3, -0.25) is 4.79 Å². The van der Waals surface area contributed by atoms with Gasteiger partial charge < -0.3 is 20.1 Å². The van der Waals surface area contributed by atoms with Crippen LogP contribution in [0.15, 0.2) is 30.3 Å². The fourth-order valence-electron chi connectivity index (χ4n) is 2.79. The molecule has 7 heteroatoms. The third-order valence-electron chi connectivity index (χ3n) is 4.00. The Morgan fingerprint density at radius 3 is 2.46 bits per heavy atom. The van der Waals surface area contributed by atoms with E-state index in [1.807, 2.05) is 12.1 Å². The van der Waals surface area contributed by atoms with Gasteiger partial charge in [-0.1, -0.05) is 6.07 Å². The topological polar surface area (TPSA) is 77.7 Å². The van der Waals surface area contributed by atoms with Gasteiger partial charge in [-0.05, 0) is 41.8 Å². The molecule has 0 aliphatic carbocycles. The van der Waals surface area contributed by atoms with E-state index in [-0.39, 0.29) is 18.3 Å². The molecule has 0 saturated heterocycles. The number of hydrogen-bond acceptors (Lipinski definition) is 5. The molecule has 2 N–H and O–H groups in total. The van der Waals surface area contributed by atoms with Crippen LogP contribution in [-0.2, 0) is 13.0 Å². The van der Waals surface area contributed by atoms with E-state index in [2.05, 4.69) is 4.98 Å². The summed E-state index contributed by atoms with van der Waals surface area (Å²) in [4.78, 5) is 18.5. The number of carbonyl (C=O) groups is 1. The van der Waals surface area contributed by atoms with Gasteiger partial charge in [0, 0.05) is 13.1 Å². The largest absolute Gasteiger partial charge is 0.493 e. The average molecular weight is 350 g/mol. The Labute approximate surface area is 147 Å². The molecule has 1 aliphatic heterocycles. The molecule has 3 rings (SSSR count). The first kappa shape index (κ1) is 17.9. The van der Waals surface area contributed by atoms with E-state index < -0.39 is 0 Å². The Kier molecular flexibility index (Phi) is 5.51. The van der Waals surface area contributed by atoms with E-state index >= 15 is 0 Å². The van der Waals surface area contributed by atoms with Crippen molar-refractivity contribution in [2.75, 3.05) is 26.5 Å². The number of hydrogen-bond donors (Lipinski definition) is 1. The van der Waals surface area contributed by atoms with Crippen LogP contribution in [0.3, 0.4) is 0 Å². The van der Waals surface area contributed by atoms with Crippen LogP contribution in [0.1, 0.15) is 21.6 Å². The van der Waals surface area contributed by atoms with E-state index in [9.17, 15) is 4.79 Å². The molecule has 6 nitrogen and oxygen atoms in total. The summed E-state index contributed by atoms with van der Waals surface area (Å²) in [5.41, 5.74) is 8.26. The van der Waals surface area contributed by atoms with Crippen molar-refractivity contribution in [3.05, 3.63) is 47.2 Å². The smallest absolute Gasteiger partial charge is 0.272 e. The third kappa shape index (κ3) is 3.38. The van der Waals surface area contributed by atoms with E-state index in [0.717, 1.165) is 12.0 Å². The lowest BCUT2D eigenvalue weighted by molar-refractivity contribution is 0.0728. The highest BCUT2D eigenvalue weighted by Gasteiger charge is 2.24. The second-order valence-electron chi connectivity index (χ2n) is 5.40. The molecule has 1 aromatic carbocycles. The monoisotopic (exact) mass is 349 g/mol. The van der Waals surface area contributed by atoms with Gasteiger partial charge in [0.05, 0.1) is 14.2 Å². The van der Waals surface area contributed by atoms with Crippen molar-refractivity contribution in [1.82, 2.24) is 9.88 Å². The van der Waals surface area contributed by atoms with Crippen LogP contribution in [-0.4, -0.2) is 36.6 Å². The predicted octanol–water partition coefficient (Wildman–Crippen LogP) is 2.30. The quantitative estimate of drug-likeness (QED) is 0.920. The molecular formula is C17H20ClN3O3. The number of nitrogens with zero attached hydrogens (tertiary/aromatic N) is 2. The average Bonchev–Trinajstić information content (AvgIpc) is 2.59. The third-order valence-corrected chi connectivity index (χ3v) is 4.00. The molecule has 0 radical (unpaired) electrons. The number of benzene rings is 1. The summed E-state index contributed by atoms with van der Waals surface area (Å²) in [7, 11) is 3.22. The van der Waals surface area contributed by atoms with E-state index in [0.29, 0.717) is 36.1 Å². The number of halogens is 1. The molecule has 128 valence electrons. The van der Waals surface area contributed by atoms with Gasteiger partial charge in [0.25, 0.3) is 5.91 Å². The van der Waals surface area contributed by atoms with E-state index in [1.54, 1.807) is 37.3 Å². The van der Waals surface area contributed by atoms with Gasteiger partial charge in [-0.2, -0.15) is 0 Å². The number of pyridine rings is 1. The van der Waals surface area contributed by atoms with E-state index in [4.69, 9.17) is 15.2 Å². The molecule has 1 aliphatic rings. The molecule has 1 aromatic heterocycles. The molecular weight excluding hydrogens is 330 g/mol. The van der Waals surface area contributed by atoms with Crippen molar-refractivity contribution in [1.29, 1.82) is 0 Å². The van der Waals surface area contributed by atoms with Crippen molar-refractivity contribution in [2.24, 2.45) is 0 Å². The zero-order chi connectivity index (χ0) is 16.4. The summed E-state index contributed by atoms with van der Waals surface area (Å²) in [5.74, 6) is 1.61. The number of carbonyl (C=O) groups excluding carboxylic acids is 1. The molecule has 2 heterocycles. The first-order valence-electron chi connectivity index (χ1n) is 7.38. The Hall–Kier alpha value is -2.47. The van der Waals surface area contributed by atoms with Crippen LogP contribution in [0.2, 0.25) is 0 Å². The highest BCUT2D eigenvalue weighted by Crippen LogP contribution is 2.33. The molecule has 0 unspecified atom stereocenters. The zero-order valence-corrected chi connectivity index (χ0v) is 14.4. The number of nitrogens with two attached hydrogens (primary N) is 1. The summed E-state index contributed by atoms with van der Waals surface area (Å²) < 4.78 is 10.7. The van der Waals surface area contributed by atoms with Gasteiger partial charge in [0.1, 0.15) is 11.5 Å². The summed E-state index contributed by atoms with van der Waals surface area (Å²) in [6.07, 6.45) is 0.768. The minimum Gasteiger partial charge on any atom is -0.493 e. The highest BCUT2D eigenvalue weighted by molar-refractivity contribution is 5.92. The first-order valence-corrected chi connectivity index (χ1v) is 7.38. The van der Waals surface area contributed by atoms with Crippen molar-refractivity contribution >= 4 is 24.1 Å². The lowest BCUT2D eigenvalue weighted by Gasteiger charge is -2.29. The maximum absolute atomic E-state index is 12.6. The Bertz CT molecular complexity index is 752. The number of aromatic nitrogens is 1. The maximum Gasteiger partial charge on any atom is 0.272 e. The summed E-state index contributed by atoms with van der Waals surface area (Å²) in [5, 5.41) is 0. The first-order chi connectivity index (χ1) is 11.1. The second kappa shape index (κ2) is 7.40. The molecule has 2 aromatic rings. The molecule has 0 saturated carbocycles. The zero-order valence-electron chi connectivity index (χ0n) is 13.6. The number of anilines is 1. The Morgan fingerprint density at radius 1 is 1.17 bits per heavy atom. The van der Waals surface area contributed by atoms with Gasteiger partial charge in [-0.25, -0.2) is 4.98 Å². The summed E-state index contributed by atoms with van der Waals surface area (Å²) in [6, 6.07) is 9.00. The summed E-state index contributed by atoms with van der Waals surface area (Å²) >= 11 is 0. The fraction of sp³-hybridized carbons (Fsp3) is 0.294. The minimum atomic E-state index is -0.113. The standard InChI is InChI=1S/C17H19N3O3.ClH/c1-22-14-8-11-6-7-20(10-12(11)9-15(14)23-2)17(21)13-4-3-5-16(18)19-13;/h3-5,8-9H,6-7,10H2,1-2H3,(H2,18,19);1H. The normalized spacial score (nSPS) is 12.8. The predicted molar refractivity (Wildman–Crippen MR) is 93.9 cm³/mol. The molecule has 24 heavy (non-hydrogen) atoms. The summed E-state index contributed by atoms with van der Waals surface area (Å²) in [6.45, 7) is 1.16.